The SMILES string of the molecule is C/C=C\C=C/Cc1cccc(-c2cccc(-c3cccc(-c4ccc(C5C=CC=C(/C=C/C6CC6N)C5SC)cc4)c3)c2)c1S. The quantitative estimate of drug-likeness (QED) is 0.136. The molecule has 0 heterocycles. The second-order valence-electron chi connectivity index (χ2n) is 11.9. The van der Waals surface area contributed by atoms with Crippen LogP contribution >= 0.6 is 24.4 Å². The van der Waals surface area contributed by atoms with Crippen molar-refractivity contribution in [2.75, 3.05) is 6.26 Å². The van der Waals surface area contributed by atoms with Crippen LogP contribution in [-0.4, -0.2) is 17.5 Å². The van der Waals surface area contributed by atoms with E-state index in [1.54, 1.807) is 0 Å². The van der Waals surface area contributed by atoms with E-state index in [2.05, 4.69) is 146 Å². The molecule has 0 saturated heterocycles. The van der Waals surface area contributed by atoms with Gasteiger partial charge in [0.25, 0.3) is 0 Å². The van der Waals surface area contributed by atoms with Crippen LogP contribution in [0.25, 0.3) is 33.4 Å². The number of nitrogens with two attached hydrogens (primary N) is 1. The molecule has 2 aliphatic rings. The Bertz CT molecular complexity index is 1790. The first-order valence-electron chi connectivity index (χ1n) is 15.8. The molecule has 6 rings (SSSR count). The Labute approximate surface area is 278 Å². The molecule has 1 saturated carbocycles. The summed E-state index contributed by atoms with van der Waals surface area (Å²) in [6.45, 7) is 2.03. The van der Waals surface area contributed by atoms with Gasteiger partial charge in [-0.15, -0.1) is 12.6 Å². The molecule has 3 heteroatoms. The molecule has 2 aliphatic carbocycles. The van der Waals surface area contributed by atoms with E-state index in [9.17, 15) is 0 Å². The third-order valence-electron chi connectivity index (χ3n) is 8.84. The van der Waals surface area contributed by atoms with Gasteiger partial charge >= 0.3 is 0 Å². The summed E-state index contributed by atoms with van der Waals surface area (Å²) in [5.41, 5.74) is 17.2. The Morgan fingerprint density at radius 2 is 1.51 bits per heavy atom. The number of hydrogen-bond acceptors (Lipinski definition) is 3. The molecule has 4 aromatic carbocycles. The second-order valence-corrected chi connectivity index (χ2v) is 13.3. The van der Waals surface area contributed by atoms with Crippen LogP contribution in [0.3, 0.4) is 0 Å². The van der Waals surface area contributed by atoms with Crippen molar-refractivity contribution in [2.24, 2.45) is 11.7 Å². The first kappa shape index (κ1) is 31.2. The first-order valence-corrected chi connectivity index (χ1v) is 17.5. The molecule has 0 spiro atoms. The molecule has 4 atom stereocenters. The molecular weight excluding hydrogens is 583 g/mol. The maximum atomic E-state index is 6.04. The maximum absolute atomic E-state index is 6.04. The van der Waals surface area contributed by atoms with Crippen LogP contribution in [0.5, 0.6) is 0 Å². The van der Waals surface area contributed by atoms with Gasteiger partial charge in [-0.25, -0.2) is 0 Å². The number of benzene rings is 4. The zero-order valence-corrected chi connectivity index (χ0v) is 27.7. The summed E-state index contributed by atoms with van der Waals surface area (Å²) in [4.78, 5) is 1.04. The first-order chi connectivity index (χ1) is 22.1. The van der Waals surface area contributed by atoms with Crippen molar-refractivity contribution in [1.29, 1.82) is 0 Å². The highest BCUT2D eigenvalue weighted by molar-refractivity contribution is 7.99. The zero-order chi connectivity index (χ0) is 31.2. The predicted molar refractivity (Wildman–Crippen MR) is 200 cm³/mol. The summed E-state index contributed by atoms with van der Waals surface area (Å²) in [7, 11) is 0. The van der Waals surface area contributed by atoms with Gasteiger partial charge in [-0.3, -0.25) is 0 Å². The molecule has 2 N–H and O–H groups in total. The van der Waals surface area contributed by atoms with E-state index in [1.165, 1.54) is 44.5 Å². The second kappa shape index (κ2) is 14.6. The normalized spacial score (nSPS) is 21.2. The number of rotatable bonds is 10. The number of hydrogen-bond donors (Lipinski definition) is 2. The molecule has 226 valence electrons. The standard InChI is InChI=1S/C42H41NS2/c1-3-4-5-6-11-31-12-9-18-38(41(31)44)36-17-8-16-35(27-36)34-15-7-14-33(26-34)29-20-22-30(23-21-29)39-19-10-13-32(42(39)45-2)24-25-37-28-40(37)43/h3-10,12-27,37,39-40,42,44H,11,28,43H2,1-2H3/b4-3-,6-5-,25-24+. The Morgan fingerprint density at radius 1 is 0.844 bits per heavy atom. The third kappa shape index (κ3) is 7.39. The smallest absolute Gasteiger partial charge is 0.0397 e. The van der Waals surface area contributed by atoms with E-state index in [4.69, 9.17) is 18.4 Å². The fourth-order valence-electron chi connectivity index (χ4n) is 6.12. The average molecular weight is 624 g/mol. The van der Waals surface area contributed by atoms with Crippen molar-refractivity contribution < 1.29 is 0 Å². The van der Waals surface area contributed by atoms with E-state index in [0.29, 0.717) is 23.1 Å². The van der Waals surface area contributed by atoms with Crippen LogP contribution in [-0.2, 0) is 6.42 Å². The molecule has 4 unspecified atom stereocenters. The lowest BCUT2D eigenvalue weighted by Crippen LogP contribution is -2.17. The van der Waals surface area contributed by atoms with Crippen LogP contribution in [0.1, 0.15) is 30.4 Å². The fraction of sp³-hybridized carbons (Fsp3) is 0.190. The van der Waals surface area contributed by atoms with Crippen molar-refractivity contribution in [1.82, 2.24) is 0 Å². The molecule has 0 amide bonds. The van der Waals surface area contributed by atoms with Gasteiger partial charge in [0.05, 0.1) is 0 Å². The van der Waals surface area contributed by atoms with Crippen LogP contribution < -0.4 is 5.73 Å². The van der Waals surface area contributed by atoms with Gasteiger partial charge in [0.1, 0.15) is 0 Å². The number of thioether (sulfide) groups is 1. The van der Waals surface area contributed by atoms with E-state index in [-0.39, 0.29) is 0 Å². The summed E-state index contributed by atoms with van der Waals surface area (Å²) in [6, 6.07) is 33.6. The summed E-state index contributed by atoms with van der Waals surface area (Å²) in [5.74, 6) is 0.892. The molecule has 1 fully saturated rings. The lowest BCUT2D eigenvalue weighted by Gasteiger charge is -2.27. The molecular formula is C42H41NS2. The fourth-order valence-corrected chi connectivity index (χ4v) is 7.46. The monoisotopic (exact) mass is 623 g/mol. The predicted octanol–water partition coefficient (Wildman–Crippen LogP) is 10.9. The molecule has 0 aromatic heterocycles. The highest BCUT2D eigenvalue weighted by Crippen LogP contribution is 2.39. The van der Waals surface area contributed by atoms with Crippen LogP contribution in [0.15, 0.2) is 156 Å². The lowest BCUT2D eigenvalue weighted by molar-refractivity contribution is 0.845. The molecule has 0 bridgehead atoms. The van der Waals surface area contributed by atoms with E-state index in [1.807, 2.05) is 24.8 Å². The Hall–Kier alpha value is -3.76. The van der Waals surface area contributed by atoms with Gasteiger partial charge in [-0.1, -0.05) is 134 Å². The Morgan fingerprint density at radius 3 is 2.20 bits per heavy atom. The van der Waals surface area contributed by atoms with Gasteiger partial charge in [-0.05, 0) is 94.2 Å². The van der Waals surface area contributed by atoms with Gasteiger partial charge in [0.2, 0.25) is 0 Å². The van der Waals surface area contributed by atoms with E-state index in [0.717, 1.165) is 23.3 Å². The molecule has 45 heavy (non-hydrogen) atoms. The van der Waals surface area contributed by atoms with Gasteiger partial charge < -0.3 is 5.73 Å². The van der Waals surface area contributed by atoms with Crippen LogP contribution in [0, 0.1) is 5.92 Å². The highest BCUT2D eigenvalue weighted by Gasteiger charge is 2.31. The summed E-state index contributed by atoms with van der Waals surface area (Å²) >= 11 is 6.88. The summed E-state index contributed by atoms with van der Waals surface area (Å²) < 4.78 is 0. The van der Waals surface area contributed by atoms with Crippen molar-refractivity contribution in [2.45, 2.75) is 41.9 Å². The number of thiol groups is 1. The summed E-state index contributed by atoms with van der Waals surface area (Å²) in [5, 5.41) is 0.399. The zero-order valence-electron chi connectivity index (χ0n) is 26.0. The highest BCUT2D eigenvalue weighted by atomic mass is 32.2. The Balaban J connectivity index is 1.21. The molecule has 4 aromatic rings. The topological polar surface area (TPSA) is 26.0 Å². The minimum atomic E-state index is 0.346. The van der Waals surface area contributed by atoms with E-state index < -0.39 is 0 Å². The Kier molecular flexibility index (Phi) is 10.1. The third-order valence-corrected chi connectivity index (χ3v) is 10.4. The molecule has 1 nitrogen and oxygen atoms in total. The maximum Gasteiger partial charge on any atom is 0.0397 e. The van der Waals surface area contributed by atoms with Gasteiger partial charge in [0, 0.05) is 22.1 Å². The lowest BCUT2D eigenvalue weighted by atomic mass is 9.86. The van der Waals surface area contributed by atoms with E-state index >= 15 is 0 Å². The molecule has 0 aliphatic heterocycles. The van der Waals surface area contributed by atoms with Crippen molar-refractivity contribution >= 4 is 24.4 Å². The minimum Gasteiger partial charge on any atom is -0.327 e. The largest absolute Gasteiger partial charge is 0.327 e. The van der Waals surface area contributed by atoms with Crippen molar-refractivity contribution in [3.05, 3.63) is 162 Å². The van der Waals surface area contributed by atoms with Crippen LogP contribution in [0.4, 0.5) is 0 Å². The van der Waals surface area contributed by atoms with Gasteiger partial charge in [0.15, 0.2) is 0 Å². The van der Waals surface area contributed by atoms with Crippen molar-refractivity contribution in [3.8, 4) is 33.4 Å². The van der Waals surface area contributed by atoms with Crippen molar-refractivity contribution in [3.63, 3.8) is 0 Å². The number of allylic oxidation sites excluding steroid dienone is 8. The molecule has 0 radical (unpaired) electrons. The summed E-state index contributed by atoms with van der Waals surface area (Å²) in [6.07, 6.45) is 24.0. The van der Waals surface area contributed by atoms with Gasteiger partial charge in [-0.2, -0.15) is 11.8 Å². The minimum absolute atomic E-state index is 0.346. The van der Waals surface area contributed by atoms with Crippen LogP contribution in [0.2, 0.25) is 0 Å². The average Bonchev–Trinajstić information content (AvgIpc) is 3.80.